The third kappa shape index (κ3) is 4.71. The van der Waals surface area contributed by atoms with Gasteiger partial charge in [0, 0.05) is 21.4 Å². The lowest BCUT2D eigenvalue weighted by Gasteiger charge is -2.06. The van der Waals surface area contributed by atoms with Gasteiger partial charge in [0.2, 0.25) is 5.91 Å². The van der Waals surface area contributed by atoms with Crippen LogP contribution in [0.1, 0.15) is 16.0 Å². The van der Waals surface area contributed by atoms with Gasteiger partial charge in [-0.15, -0.1) is 11.3 Å². The van der Waals surface area contributed by atoms with E-state index in [1.807, 2.05) is 18.4 Å². The highest BCUT2D eigenvalue weighted by atomic mass is 32.2. The minimum atomic E-state index is -1.47. The molecule has 0 aliphatic heterocycles. The second-order valence-corrected chi connectivity index (χ2v) is 7.24. The summed E-state index contributed by atoms with van der Waals surface area (Å²) in [6.45, 7) is 2.37. The predicted molar refractivity (Wildman–Crippen MR) is 84.0 cm³/mol. The zero-order valence-corrected chi connectivity index (χ0v) is 13.5. The summed E-state index contributed by atoms with van der Waals surface area (Å²) in [4.78, 5) is 12.8. The lowest BCUT2D eigenvalue weighted by atomic mass is 10.2. The molecule has 1 aromatic carbocycles. The monoisotopic (exact) mass is 343 g/mol. The Morgan fingerprint density at radius 1 is 1.27 bits per heavy atom. The Morgan fingerprint density at radius 2 is 2.05 bits per heavy atom. The number of halogens is 2. The molecule has 0 unspecified atom stereocenters. The second kappa shape index (κ2) is 7.60. The summed E-state index contributed by atoms with van der Waals surface area (Å²) in [7, 11) is -1.47. The fourth-order valence-corrected chi connectivity index (χ4v) is 3.72. The first-order chi connectivity index (χ1) is 10.5. The number of amides is 1. The maximum Gasteiger partial charge on any atom is 0.232 e. The van der Waals surface area contributed by atoms with E-state index < -0.39 is 22.4 Å². The summed E-state index contributed by atoms with van der Waals surface area (Å²) in [6.07, 6.45) is 0. The number of nitrogens with one attached hydrogen (secondary N) is 1. The van der Waals surface area contributed by atoms with Gasteiger partial charge in [0.15, 0.2) is 11.6 Å². The van der Waals surface area contributed by atoms with E-state index in [0.29, 0.717) is 12.1 Å². The lowest BCUT2D eigenvalue weighted by molar-refractivity contribution is -0.118. The topological polar surface area (TPSA) is 46.2 Å². The summed E-state index contributed by atoms with van der Waals surface area (Å²) in [5, 5.41) is 4.65. The highest BCUT2D eigenvalue weighted by Crippen LogP contribution is 2.15. The number of hydrogen-bond donors (Lipinski definition) is 1. The molecule has 1 atom stereocenters. The predicted octanol–water partition coefficient (Wildman–Crippen LogP) is 2.90. The van der Waals surface area contributed by atoms with Gasteiger partial charge < -0.3 is 5.32 Å². The van der Waals surface area contributed by atoms with Crippen molar-refractivity contribution in [1.82, 2.24) is 5.32 Å². The van der Waals surface area contributed by atoms with Crippen molar-refractivity contribution in [2.45, 2.75) is 19.2 Å². The molecule has 118 valence electrons. The molecule has 2 rings (SSSR count). The van der Waals surface area contributed by atoms with E-state index in [9.17, 15) is 17.8 Å². The van der Waals surface area contributed by atoms with Gasteiger partial charge in [0.05, 0.1) is 6.54 Å². The van der Waals surface area contributed by atoms with E-state index in [0.717, 1.165) is 22.6 Å². The highest BCUT2D eigenvalue weighted by Gasteiger charge is 2.11. The van der Waals surface area contributed by atoms with Crippen molar-refractivity contribution in [3.63, 3.8) is 0 Å². The Kier molecular flexibility index (Phi) is 5.79. The summed E-state index contributed by atoms with van der Waals surface area (Å²) in [6, 6.07) is 5.32. The number of carbonyl (C=O) groups excluding carboxylic acids is 1. The van der Waals surface area contributed by atoms with E-state index in [1.54, 1.807) is 11.3 Å². The maximum atomic E-state index is 13.1. The van der Waals surface area contributed by atoms with Gasteiger partial charge in [-0.1, -0.05) is 6.07 Å². The van der Waals surface area contributed by atoms with Crippen LogP contribution < -0.4 is 5.32 Å². The van der Waals surface area contributed by atoms with Crippen LogP contribution in [0.15, 0.2) is 29.6 Å². The number of hydrogen-bond acceptors (Lipinski definition) is 3. The van der Waals surface area contributed by atoms with Crippen LogP contribution in [-0.2, 0) is 27.9 Å². The van der Waals surface area contributed by atoms with Crippen LogP contribution in [0, 0.1) is 18.6 Å². The largest absolute Gasteiger partial charge is 0.350 e. The number of carbonyl (C=O) groups is 1. The van der Waals surface area contributed by atoms with Crippen LogP contribution >= 0.6 is 11.3 Å². The van der Waals surface area contributed by atoms with Crippen LogP contribution in [0.2, 0.25) is 0 Å². The molecule has 0 saturated heterocycles. The Balaban J connectivity index is 1.82. The molecule has 22 heavy (non-hydrogen) atoms. The minimum absolute atomic E-state index is 0.0165. The Bertz CT molecular complexity index is 701. The van der Waals surface area contributed by atoms with Gasteiger partial charge in [-0.2, -0.15) is 0 Å². The normalized spacial score (nSPS) is 12.1. The molecule has 0 aliphatic carbocycles. The number of rotatable bonds is 6. The summed E-state index contributed by atoms with van der Waals surface area (Å²) in [5.41, 5.74) is 1.51. The molecule has 0 spiro atoms. The Hall–Kier alpha value is -1.60. The number of thiophene rings is 1. The van der Waals surface area contributed by atoms with Crippen LogP contribution in [0.5, 0.6) is 0 Å². The smallest absolute Gasteiger partial charge is 0.232 e. The first kappa shape index (κ1) is 16.8. The standard InChI is InChI=1S/C15H15F2NO2S2/c1-10-4-5-21-14(10)7-18-15(19)9-22(20)8-11-2-3-12(16)13(17)6-11/h2-6H,7-9H2,1H3,(H,18,19)/t22-/m0/s1. The SMILES string of the molecule is Cc1ccsc1CNC(=O)C[S@@](=O)Cc1ccc(F)c(F)c1. The van der Waals surface area contributed by atoms with Crippen LogP contribution in [0.3, 0.4) is 0 Å². The molecule has 2 aromatic rings. The lowest BCUT2D eigenvalue weighted by Crippen LogP contribution is -2.28. The van der Waals surface area contributed by atoms with Crippen molar-refractivity contribution >= 4 is 28.0 Å². The highest BCUT2D eigenvalue weighted by molar-refractivity contribution is 7.84. The Labute approximate surface area is 133 Å². The maximum absolute atomic E-state index is 13.1. The fraction of sp³-hybridized carbons (Fsp3) is 0.267. The summed E-state index contributed by atoms with van der Waals surface area (Å²) in [5.74, 6) is -2.40. The number of aryl methyl sites for hydroxylation is 1. The van der Waals surface area contributed by atoms with E-state index >= 15 is 0 Å². The molecule has 0 saturated carbocycles. The van der Waals surface area contributed by atoms with Gasteiger partial charge >= 0.3 is 0 Å². The molecule has 3 nitrogen and oxygen atoms in total. The molecular weight excluding hydrogens is 328 g/mol. The van der Waals surface area contributed by atoms with Crippen molar-refractivity contribution in [1.29, 1.82) is 0 Å². The molecule has 0 radical (unpaired) electrons. The molecule has 1 amide bonds. The van der Waals surface area contributed by atoms with Gasteiger partial charge in [-0.25, -0.2) is 8.78 Å². The van der Waals surface area contributed by atoms with Crippen LogP contribution in [0.4, 0.5) is 8.78 Å². The first-order valence-corrected chi connectivity index (χ1v) is 8.91. The van der Waals surface area contributed by atoms with Crippen molar-refractivity contribution in [3.05, 3.63) is 57.3 Å². The molecular formula is C15H15F2NO2S2. The van der Waals surface area contributed by atoms with Crippen molar-refractivity contribution in [2.75, 3.05) is 5.75 Å². The zero-order valence-electron chi connectivity index (χ0n) is 11.9. The zero-order chi connectivity index (χ0) is 16.1. The summed E-state index contributed by atoms with van der Waals surface area (Å²) < 4.78 is 37.7. The average Bonchev–Trinajstić information content (AvgIpc) is 2.86. The fourth-order valence-electron chi connectivity index (χ4n) is 1.83. The molecule has 1 aromatic heterocycles. The van der Waals surface area contributed by atoms with E-state index in [1.165, 1.54) is 6.07 Å². The van der Waals surface area contributed by atoms with Gasteiger partial charge in [0.1, 0.15) is 5.75 Å². The third-order valence-corrected chi connectivity index (χ3v) is 5.28. The summed E-state index contributed by atoms with van der Waals surface area (Å²) >= 11 is 1.55. The van der Waals surface area contributed by atoms with Gasteiger partial charge in [-0.05, 0) is 41.6 Å². The third-order valence-electron chi connectivity index (χ3n) is 3.02. The molecule has 7 heteroatoms. The quantitative estimate of drug-likeness (QED) is 0.877. The van der Waals surface area contributed by atoms with Gasteiger partial charge in [-0.3, -0.25) is 9.00 Å². The van der Waals surface area contributed by atoms with Crippen LogP contribution in [-0.4, -0.2) is 15.9 Å². The number of benzene rings is 1. The average molecular weight is 343 g/mol. The molecule has 1 heterocycles. The van der Waals surface area contributed by atoms with Crippen molar-refractivity contribution in [2.24, 2.45) is 0 Å². The van der Waals surface area contributed by atoms with Crippen molar-refractivity contribution in [3.8, 4) is 0 Å². The van der Waals surface area contributed by atoms with E-state index in [2.05, 4.69) is 5.32 Å². The second-order valence-electron chi connectivity index (χ2n) is 4.78. The molecule has 0 bridgehead atoms. The molecule has 1 N–H and O–H groups in total. The van der Waals surface area contributed by atoms with Crippen molar-refractivity contribution < 1.29 is 17.8 Å². The molecule has 0 fully saturated rings. The van der Waals surface area contributed by atoms with Gasteiger partial charge in [0.25, 0.3) is 0 Å². The first-order valence-electron chi connectivity index (χ1n) is 6.54. The van der Waals surface area contributed by atoms with E-state index in [-0.39, 0.29) is 17.4 Å². The van der Waals surface area contributed by atoms with E-state index in [4.69, 9.17) is 0 Å². The van der Waals surface area contributed by atoms with Crippen LogP contribution in [0.25, 0.3) is 0 Å². The Morgan fingerprint density at radius 3 is 2.68 bits per heavy atom. The molecule has 0 aliphatic rings. The minimum Gasteiger partial charge on any atom is -0.350 e.